The summed E-state index contributed by atoms with van der Waals surface area (Å²) in [6, 6.07) is 4.73. The van der Waals surface area contributed by atoms with E-state index in [2.05, 4.69) is 0 Å². The van der Waals surface area contributed by atoms with E-state index in [4.69, 9.17) is 5.11 Å². The minimum Gasteiger partial charge on any atom is -0.480 e. The fourth-order valence-corrected chi connectivity index (χ4v) is 3.30. The average molecular weight is 312 g/mol. The molecule has 0 aliphatic carbocycles. The lowest BCUT2D eigenvalue weighted by atomic mass is 10.1. The lowest BCUT2D eigenvalue weighted by molar-refractivity contribution is -0.137. The van der Waals surface area contributed by atoms with Crippen LogP contribution in [0.2, 0.25) is 0 Å². The summed E-state index contributed by atoms with van der Waals surface area (Å²) in [4.78, 5) is 23.8. The van der Waals surface area contributed by atoms with Crippen LogP contribution in [-0.4, -0.2) is 56.7 Å². The normalized spacial score (nSPS) is 13.9. The summed E-state index contributed by atoms with van der Waals surface area (Å²) in [6.07, 6.45) is 1.67. The van der Waals surface area contributed by atoms with E-state index in [9.17, 15) is 18.0 Å². The van der Waals surface area contributed by atoms with Gasteiger partial charge in [0.15, 0.2) is 0 Å². The number of likely N-dealkylation sites (N-methyl/N-ethyl adjacent to an activating group) is 1. The van der Waals surface area contributed by atoms with Gasteiger partial charge in [0.25, 0.3) is 5.91 Å². The van der Waals surface area contributed by atoms with Gasteiger partial charge in [0.2, 0.25) is 10.0 Å². The largest absolute Gasteiger partial charge is 0.480 e. The summed E-state index contributed by atoms with van der Waals surface area (Å²) in [6.45, 7) is -0.0256. The number of hydrogen-bond acceptors (Lipinski definition) is 4. The number of carbonyl (C=O) groups excluding carboxylic acids is 1. The van der Waals surface area contributed by atoms with Gasteiger partial charge >= 0.3 is 5.97 Å². The number of carboxylic acids is 1. The van der Waals surface area contributed by atoms with E-state index >= 15 is 0 Å². The Kier molecular flexibility index (Phi) is 3.91. The van der Waals surface area contributed by atoms with E-state index in [0.717, 1.165) is 16.7 Å². The van der Waals surface area contributed by atoms with Gasteiger partial charge in [-0.25, -0.2) is 8.42 Å². The van der Waals surface area contributed by atoms with Gasteiger partial charge in [0.1, 0.15) is 6.54 Å². The first-order valence-electron chi connectivity index (χ1n) is 6.28. The van der Waals surface area contributed by atoms with Crippen LogP contribution in [0.25, 0.3) is 0 Å². The van der Waals surface area contributed by atoms with Crippen molar-refractivity contribution in [2.75, 3.05) is 30.7 Å². The van der Waals surface area contributed by atoms with Gasteiger partial charge in [0.05, 0.1) is 11.9 Å². The summed E-state index contributed by atoms with van der Waals surface area (Å²) in [7, 11) is -1.91. The van der Waals surface area contributed by atoms with E-state index in [1.807, 2.05) is 0 Å². The second-order valence-corrected chi connectivity index (χ2v) is 6.89. The molecule has 1 amide bonds. The number of sulfonamides is 1. The molecule has 1 aliphatic rings. The Bertz CT molecular complexity index is 699. The van der Waals surface area contributed by atoms with Crippen LogP contribution in [0.15, 0.2) is 18.2 Å². The molecule has 0 saturated heterocycles. The number of carboxylic acid groups (broad SMARTS) is 1. The van der Waals surface area contributed by atoms with Gasteiger partial charge in [-0.3, -0.25) is 13.9 Å². The molecule has 0 aromatic heterocycles. The number of benzene rings is 1. The van der Waals surface area contributed by atoms with Crippen LogP contribution in [0, 0.1) is 0 Å². The highest BCUT2D eigenvalue weighted by Gasteiger charge is 2.27. The van der Waals surface area contributed by atoms with E-state index in [0.29, 0.717) is 24.2 Å². The Hall–Kier alpha value is -2.09. The molecule has 0 saturated carbocycles. The molecule has 0 unspecified atom stereocenters. The topological polar surface area (TPSA) is 95.0 Å². The maximum absolute atomic E-state index is 12.1. The third-order valence-electron chi connectivity index (χ3n) is 3.30. The third kappa shape index (κ3) is 3.15. The molecule has 0 fully saturated rings. The predicted molar refractivity (Wildman–Crippen MR) is 76.9 cm³/mol. The molecule has 1 heterocycles. The second-order valence-electron chi connectivity index (χ2n) is 4.98. The number of hydrogen-bond donors (Lipinski definition) is 1. The van der Waals surface area contributed by atoms with Gasteiger partial charge in [-0.15, -0.1) is 0 Å². The van der Waals surface area contributed by atoms with Crippen molar-refractivity contribution in [1.29, 1.82) is 0 Å². The van der Waals surface area contributed by atoms with Gasteiger partial charge in [-0.1, -0.05) is 0 Å². The van der Waals surface area contributed by atoms with E-state index in [1.165, 1.54) is 17.4 Å². The molecule has 114 valence electrons. The monoisotopic (exact) mass is 312 g/mol. The standard InChI is InChI=1S/C13H16N2O5S/c1-14(8-12(16)17)13(18)10-3-4-11-9(7-10)5-6-15(11)21(2,19)20/h3-4,7H,5-6,8H2,1-2H3,(H,16,17). The summed E-state index contributed by atoms with van der Waals surface area (Å²) in [5.41, 5.74) is 1.71. The maximum atomic E-state index is 12.1. The molecule has 8 heteroatoms. The predicted octanol–water partition coefficient (Wildman–Crippen LogP) is 0.165. The van der Waals surface area contributed by atoms with Gasteiger partial charge in [-0.2, -0.15) is 0 Å². The number of fused-ring (bicyclic) bond motifs is 1. The number of aliphatic carboxylic acids is 1. The fraction of sp³-hybridized carbons (Fsp3) is 0.385. The Morgan fingerprint density at radius 3 is 2.62 bits per heavy atom. The molecule has 2 rings (SSSR count). The number of nitrogens with zero attached hydrogens (tertiary/aromatic N) is 2. The molecule has 0 atom stereocenters. The Balaban J connectivity index is 2.28. The number of amides is 1. The summed E-state index contributed by atoms with van der Waals surface area (Å²) < 4.78 is 24.6. The molecule has 0 spiro atoms. The average Bonchev–Trinajstić information content (AvgIpc) is 2.79. The van der Waals surface area contributed by atoms with Crippen molar-refractivity contribution in [3.8, 4) is 0 Å². The van der Waals surface area contributed by atoms with Crippen LogP contribution in [0.1, 0.15) is 15.9 Å². The van der Waals surface area contributed by atoms with E-state index < -0.39 is 21.9 Å². The first kappa shape index (κ1) is 15.3. The molecule has 0 bridgehead atoms. The molecule has 7 nitrogen and oxygen atoms in total. The smallest absolute Gasteiger partial charge is 0.323 e. The van der Waals surface area contributed by atoms with Crippen molar-refractivity contribution in [2.24, 2.45) is 0 Å². The summed E-state index contributed by atoms with van der Waals surface area (Å²) >= 11 is 0. The maximum Gasteiger partial charge on any atom is 0.323 e. The SMILES string of the molecule is CN(CC(=O)O)C(=O)c1ccc2c(c1)CCN2S(C)(=O)=O. The van der Waals surface area contributed by atoms with E-state index in [1.54, 1.807) is 12.1 Å². The number of carbonyl (C=O) groups is 2. The van der Waals surface area contributed by atoms with Gasteiger partial charge in [-0.05, 0) is 30.2 Å². The first-order chi connectivity index (χ1) is 9.70. The lowest BCUT2D eigenvalue weighted by Gasteiger charge is -2.18. The Morgan fingerprint density at radius 2 is 2.05 bits per heavy atom. The van der Waals surface area contributed by atoms with Crippen LogP contribution in [-0.2, 0) is 21.2 Å². The van der Waals surface area contributed by atoms with Crippen molar-refractivity contribution in [2.45, 2.75) is 6.42 Å². The van der Waals surface area contributed by atoms with Crippen LogP contribution in [0.4, 0.5) is 5.69 Å². The zero-order valence-electron chi connectivity index (χ0n) is 11.7. The fourth-order valence-electron chi connectivity index (χ4n) is 2.34. The van der Waals surface area contributed by atoms with Crippen molar-refractivity contribution in [3.05, 3.63) is 29.3 Å². The van der Waals surface area contributed by atoms with Crippen LogP contribution in [0.5, 0.6) is 0 Å². The molecular weight excluding hydrogens is 296 g/mol. The van der Waals surface area contributed by atoms with Crippen molar-refractivity contribution < 1.29 is 23.1 Å². The zero-order valence-corrected chi connectivity index (χ0v) is 12.6. The highest BCUT2D eigenvalue weighted by molar-refractivity contribution is 7.92. The minimum atomic E-state index is -3.32. The molecule has 1 aliphatic heterocycles. The highest BCUT2D eigenvalue weighted by atomic mass is 32.2. The van der Waals surface area contributed by atoms with Gasteiger partial charge in [0, 0.05) is 19.2 Å². The lowest BCUT2D eigenvalue weighted by Crippen LogP contribution is -2.32. The van der Waals surface area contributed by atoms with Crippen molar-refractivity contribution in [3.63, 3.8) is 0 Å². The number of anilines is 1. The quantitative estimate of drug-likeness (QED) is 0.855. The first-order valence-corrected chi connectivity index (χ1v) is 8.13. The molecular formula is C13H16N2O5S. The van der Waals surface area contributed by atoms with Gasteiger partial charge < -0.3 is 10.0 Å². The number of rotatable bonds is 4. The Morgan fingerprint density at radius 1 is 1.38 bits per heavy atom. The summed E-state index contributed by atoms with van der Waals surface area (Å²) in [5.74, 6) is -1.49. The third-order valence-corrected chi connectivity index (χ3v) is 4.48. The zero-order chi connectivity index (χ0) is 15.8. The van der Waals surface area contributed by atoms with Crippen LogP contribution in [0.3, 0.4) is 0 Å². The van der Waals surface area contributed by atoms with E-state index in [-0.39, 0.29) is 6.54 Å². The molecule has 1 aromatic carbocycles. The molecule has 1 aromatic rings. The van der Waals surface area contributed by atoms with Crippen molar-refractivity contribution in [1.82, 2.24) is 4.90 Å². The molecule has 1 N–H and O–H groups in total. The second kappa shape index (κ2) is 5.36. The summed E-state index contributed by atoms with van der Waals surface area (Å²) in [5, 5.41) is 8.69. The van der Waals surface area contributed by atoms with Crippen LogP contribution >= 0.6 is 0 Å². The highest BCUT2D eigenvalue weighted by Crippen LogP contribution is 2.30. The Labute approximate surface area is 122 Å². The van der Waals surface area contributed by atoms with Crippen molar-refractivity contribution >= 4 is 27.6 Å². The molecule has 0 radical (unpaired) electrons. The molecule has 21 heavy (non-hydrogen) atoms. The minimum absolute atomic E-state index is 0.354. The van der Waals surface area contributed by atoms with Crippen LogP contribution < -0.4 is 4.31 Å².